The fourth-order valence-corrected chi connectivity index (χ4v) is 5.02. The van der Waals surface area contributed by atoms with Gasteiger partial charge in [0, 0.05) is 56.7 Å². The predicted molar refractivity (Wildman–Crippen MR) is 134 cm³/mol. The molecule has 3 aliphatic rings. The number of hydrogen-bond acceptors (Lipinski definition) is 7. The van der Waals surface area contributed by atoms with E-state index < -0.39 is 11.5 Å². The van der Waals surface area contributed by atoms with Gasteiger partial charge >= 0.3 is 6.03 Å². The average molecular weight is 508 g/mol. The molecule has 0 aromatic carbocycles. The number of amides is 3. The summed E-state index contributed by atoms with van der Waals surface area (Å²) in [6, 6.07) is 4.97. The van der Waals surface area contributed by atoms with Gasteiger partial charge in [-0.1, -0.05) is 6.92 Å². The molecule has 3 fully saturated rings. The summed E-state index contributed by atoms with van der Waals surface area (Å²) < 4.78 is 8.30. The molecule has 2 aliphatic heterocycles. The third kappa shape index (κ3) is 4.20. The number of hydrogen-bond donors (Lipinski definition) is 3. The Balaban J connectivity index is 1.52. The van der Waals surface area contributed by atoms with Crippen LogP contribution >= 0.6 is 0 Å². The van der Waals surface area contributed by atoms with E-state index in [-0.39, 0.29) is 28.9 Å². The number of carbonyl (C=O) groups is 2. The number of fused-ring (bicyclic) bond motifs is 1. The first-order valence-electron chi connectivity index (χ1n) is 12.6. The van der Waals surface area contributed by atoms with Crippen LogP contribution in [0.4, 0.5) is 10.6 Å². The highest BCUT2D eigenvalue weighted by Gasteiger charge is 2.34. The second-order valence-electron chi connectivity index (χ2n) is 10.3. The first-order valence-corrected chi connectivity index (χ1v) is 12.6. The molecule has 0 spiro atoms. The van der Waals surface area contributed by atoms with Crippen LogP contribution in [0.15, 0.2) is 29.2 Å². The molecule has 0 radical (unpaired) electrons. The Hall–Kier alpha value is -3.93. The molecule has 0 bridgehead atoms. The largest absolute Gasteiger partial charge is 0.494 e. The van der Waals surface area contributed by atoms with Gasteiger partial charge < -0.3 is 20.5 Å². The molecule has 12 nitrogen and oxygen atoms in total. The van der Waals surface area contributed by atoms with E-state index in [4.69, 9.17) is 4.74 Å². The molecule has 3 amide bonds. The molecule has 0 unspecified atom stereocenters. The number of aromatic nitrogens is 4. The quantitative estimate of drug-likeness (QED) is 0.459. The van der Waals surface area contributed by atoms with Crippen LogP contribution in [0.1, 0.15) is 43.0 Å². The monoisotopic (exact) mass is 507 g/mol. The molecule has 3 aromatic heterocycles. The lowest BCUT2D eigenvalue weighted by Crippen LogP contribution is -2.36. The van der Waals surface area contributed by atoms with E-state index in [2.05, 4.69) is 27.6 Å². The van der Waals surface area contributed by atoms with Crippen LogP contribution in [0.2, 0.25) is 0 Å². The zero-order valence-corrected chi connectivity index (χ0v) is 20.6. The van der Waals surface area contributed by atoms with Gasteiger partial charge in [0.2, 0.25) is 5.88 Å². The number of pyridine rings is 1. The summed E-state index contributed by atoms with van der Waals surface area (Å²) in [5.41, 5.74) is 0.0889. The van der Waals surface area contributed by atoms with Crippen LogP contribution < -0.4 is 21.1 Å². The molecule has 1 saturated carbocycles. The predicted octanol–water partition coefficient (Wildman–Crippen LogP) is 1.50. The van der Waals surface area contributed by atoms with Gasteiger partial charge in [0.1, 0.15) is 11.5 Å². The van der Waals surface area contributed by atoms with Gasteiger partial charge in [0.25, 0.3) is 11.5 Å². The lowest BCUT2D eigenvalue weighted by Gasteiger charge is -2.34. The minimum Gasteiger partial charge on any atom is -0.494 e. The van der Waals surface area contributed by atoms with Gasteiger partial charge in [-0.15, -0.1) is 0 Å². The van der Waals surface area contributed by atoms with E-state index in [9.17, 15) is 19.5 Å². The third-order valence-electron chi connectivity index (χ3n) is 7.41. The second kappa shape index (κ2) is 8.87. The molecule has 5 heterocycles. The van der Waals surface area contributed by atoms with E-state index in [0.717, 1.165) is 25.7 Å². The molecule has 3 aromatic rings. The maximum absolute atomic E-state index is 13.5. The molecule has 0 atom stereocenters. The van der Waals surface area contributed by atoms with E-state index in [1.165, 1.54) is 9.42 Å². The maximum Gasteiger partial charge on any atom is 0.323 e. The van der Waals surface area contributed by atoms with Crippen LogP contribution in [0.25, 0.3) is 16.9 Å². The SMILES string of the molecule is CC1(Cn2c(O)c(C(=O)NC3CC3)c(=O)n3nc(-c4cccnc4N4CCNC4=O)cc23)CCOCC1. The molecule has 6 rings (SSSR count). The summed E-state index contributed by atoms with van der Waals surface area (Å²) in [4.78, 5) is 44.9. The van der Waals surface area contributed by atoms with Gasteiger partial charge in [0.15, 0.2) is 5.56 Å². The van der Waals surface area contributed by atoms with Crippen molar-refractivity contribution in [3.63, 3.8) is 0 Å². The van der Waals surface area contributed by atoms with Crippen molar-refractivity contribution in [3.8, 4) is 17.1 Å². The van der Waals surface area contributed by atoms with Crippen molar-refractivity contribution in [1.29, 1.82) is 0 Å². The standard InChI is InChI=1S/C25H29N7O5/c1-25(6-11-37-12-7-25)14-31-18-13-17(16-3-2-8-26-20(16)30-10-9-27-24(30)36)29-32(18)23(35)19(22(31)34)21(33)28-15-4-5-15/h2-3,8,13,15,34H,4-7,9-12,14H2,1H3,(H,27,36)(H,28,33). The second-order valence-corrected chi connectivity index (χ2v) is 10.3. The topological polar surface area (TPSA) is 143 Å². The lowest BCUT2D eigenvalue weighted by atomic mass is 9.82. The highest BCUT2D eigenvalue weighted by molar-refractivity contribution is 5.98. The average Bonchev–Trinajstić information content (AvgIpc) is 3.41. The highest BCUT2D eigenvalue weighted by atomic mass is 16.5. The zero-order chi connectivity index (χ0) is 25.7. The lowest BCUT2D eigenvalue weighted by molar-refractivity contribution is 0.0149. The molecule has 2 saturated heterocycles. The Kier molecular flexibility index (Phi) is 5.63. The Morgan fingerprint density at radius 3 is 2.78 bits per heavy atom. The molecule has 12 heteroatoms. The number of urea groups is 1. The fraction of sp³-hybridized carbons (Fsp3) is 0.480. The summed E-state index contributed by atoms with van der Waals surface area (Å²) in [6.45, 7) is 4.63. The molecule has 1 aliphatic carbocycles. The van der Waals surface area contributed by atoms with Crippen LogP contribution in [-0.4, -0.2) is 68.6 Å². The molecular weight excluding hydrogens is 478 g/mol. The van der Waals surface area contributed by atoms with Crippen molar-refractivity contribution in [1.82, 2.24) is 29.8 Å². The Morgan fingerprint density at radius 2 is 2.08 bits per heavy atom. The first kappa shape index (κ1) is 23.5. The van der Waals surface area contributed by atoms with E-state index in [1.807, 2.05) is 0 Å². The van der Waals surface area contributed by atoms with Crippen molar-refractivity contribution in [2.45, 2.75) is 45.2 Å². The minimum absolute atomic E-state index is 0.0150. The van der Waals surface area contributed by atoms with Gasteiger partial charge in [-0.2, -0.15) is 9.61 Å². The van der Waals surface area contributed by atoms with Gasteiger partial charge in [0.05, 0.1) is 5.69 Å². The van der Waals surface area contributed by atoms with Crippen LogP contribution in [0.5, 0.6) is 5.88 Å². The number of ether oxygens (including phenoxy) is 1. The summed E-state index contributed by atoms with van der Waals surface area (Å²) in [7, 11) is 0. The fourth-order valence-electron chi connectivity index (χ4n) is 5.02. The van der Waals surface area contributed by atoms with Crippen molar-refractivity contribution >= 4 is 23.4 Å². The van der Waals surface area contributed by atoms with Crippen LogP contribution in [0.3, 0.4) is 0 Å². The minimum atomic E-state index is -0.699. The van der Waals surface area contributed by atoms with Gasteiger partial charge in [-0.25, -0.2) is 9.78 Å². The molecular formula is C25H29N7O5. The number of rotatable bonds is 6. The summed E-state index contributed by atoms with van der Waals surface area (Å²) >= 11 is 0. The molecule has 194 valence electrons. The van der Waals surface area contributed by atoms with Gasteiger partial charge in [-0.05, 0) is 43.2 Å². The number of carbonyl (C=O) groups excluding carboxylic acids is 2. The van der Waals surface area contributed by atoms with E-state index in [0.29, 0.717) is 55.6 Å². The van der Waals surface area contributed by atoms with Crippen molar-refractivity contribution in [2.24, 2.45) is 5.41 Å². The molecule has 3 N–H and O–H groups in total. The van der Waals surface area contributed by atoms with E-state index >= 15 is 0 Å². The van der Waals surface area contributed by atoms with Crippen molar-refractivity contribution in [3.05, 3.63) is 40.3 Å². The van der Waals surface area contributed by atoms with Gasteiger partial charge in [-0.3, -0.25) is 19.1 Å². The van der Waals surface area contributed by atoms with Crippen molar-refractivity contribution in [2.75, 3.05) is 31.2 Å². The van der Waals surface area contributed by atoms with Crippen molar-refractivity contribution < 1.29 is 19.4 Å². The van der Waals surface area contributed by atoms with Crippen LogP contribution in [0, 0.1) is 5.41 Å². The summed E-state index contributed by atoms with van der Waals surface area (Å²) in [5, 5.41) is 21.5. The first-order chi connectivity index (χ1) is 17.8. The summed E-state index contributed by atoms with van der Waals surface area (Å²) in [5.74, 6) is -0.557. The van der Waals surface area contributed by atoms with Crippen LogP contribution in [-0.2, 0) is 11.3 Å². The number of anilines is 1. The maximum atomic E-state index is 13.5. The van der Waals surface area contributed by atoms with E-state index in [1.54, 1.807) is 29.0 Å². The Morgan fingerprint density at radius 1 is 1.30 bits per heavy atom. The summed E-state index contributed by atoms with van der Waals surface area (Å²) in [6.07, 6.45) is 4.83. The Labute approximate surface area is 212 Å². The zero-order valence-electron chi connectivity index (χ0n) is 20.6. The smallest absolute Gasteiger partial charge is 0.323 e. The number of nitrogens with one attached hydrogen (secondary N) is 2. The molecule has 37 heavy (non-hydrogen) atoms. The third-order valence-corrected chi connectivity index (χ3v) is 7.41. The Bertz CT molecular complexity index is 1450. The normalized spacial score (nSPS) is 19.3. The number of aromatic hydroxyl groups is 1. The highest BCUT2D eigenvalue weighted by Crippen LogP contribution is 2.36. The number of nitrogens with zero attached hydrogens (tertiary/aromatic N) is 5.